The number of hydrogen-bond donors (Lipinski definition) is 0. The summed E-state index contributed by atoms with van der Waals surface area (Å²) in [6.45, 7) is 4.33. The Kier molecular flexibility index (Phi) is 5.60. The van der Waals surface area contributed by atoms with Gasteiger partial charge in [0.25, 0.3) is 0 Å². The molecular formula is C25H20F2N4OS. The first-order valence-electron chi connectivity index (χ1n) is 10.4. The fourth-order valence-corrected chi connectivity index (χ4v) is 4.52. The van der Waals surface area contributed by atoms with E-state index >= 15 is 0 Å². The van der Waals surface area contributed by atoms with Crippen LogP contribution in [0.5, 0.6) is 5.75 Å². The Morgan fingerprint density at radius 3 is 2.67 bits per heavy atom. The van der Waals surface area contributed by atoms with Gasteiger partial charge in [-0.15, -0.1) is 11.3 Å². The molecule has 0 spiro atoms. The number of aryl methyl sites for hydroxylation is 1. The summed E-state index contributed by atoms with van der Waals surface area (Å²) in [5.74, 6) is 0.733. The van der Waals surface area contributed by atoms with Crippen LogP contribution in [0.15, 0.2) is 77.5 Å². The minimum atomic E-state index is -2.37. The lowest BCUT2D eigenvalue weighted by Crippen LogP contribution is -2.41. The van der Waals surface area contributed by atoms with E-state index in [1.54, 1.807) is 29.5 Å². The molecule has 0 fully saturated rings. The maximum atomic E-state index is 12.8. The minimum absolute atomic E-state index is 0.194. The van der Waals surface area contributed by atoms with Crippen molar-refractivity contribution >= 4 is 32.8 Å². The van der Waals surface area contributed by atoms with Gasteiger partial charge in [0.15, 0.2) is 0 Å². The number of fused-ring (bicyclic) bond motifs is 2. The number of methoxy groups -OCH3 is 1. The first-order chi connectivity index (χ1) is 16.0. The van der Waals surface area contributed by atoms with E-state index in [9.17, 15) is 8.78 Å². The summed E-state index contributed by atoms with van der Waals surface area (Å²) in [5, 5.41) is 7.87. The molecule has 0 saturated heterocycles. The third-order valence-corrected chi connectivity index (χ3v) is 6.27. The van der Waals surface area contributed by atoms with Crippen molar-refractivity contribution in [3.63, 3.8) is 0 Å². The van der Waals surface area contributed by atoms with Crippen LogP contribution < -0.4 is 20.5 Å². The Morgan fingerprint density at radius 1 is 1.09 bits per heavy atom. The van der Waals surface area contributed by atoms with Crippen LogP contribution in [0.4, 0.5) is 14.5 Å². The zero-order chi connectivity index (χ0) is 22.9. The third kappa shape index (κ3) is 4.09. The standard InChI is InChI=1S/C25H20F2N4OS/c1-15-24(16-3-8-19(32-2)9-4-16)25-21(10-5-17(29-25)6-12-23(26)27)30-31(15)18-7-11-20-22(13-18)33-14-28-20/h3-5,7-11,13-14,23H,1,6,12H2,2H3. The Labute approximate surface area is 193 Å². The molecule has 1 aliphatic rings. The second kappa shape index (κ2) is 8.71. The largest absolute Gasteiger partial charge is 0.497 e. The number of pyridine rings is 1. The van der Waals surface area contributed by atoms with Crippen LogP contribution in [0, 0.1) is 0 Å². The van der Waals surface area contributed by atoms with Crippen LogP contribution >= 0.6 is 11.3 Å². The smallest absolute Gasteiger partial charge is 0.239 e. The van der Waals surface area contributed by atoms with Crippen molar-refractivity contribution < 1.29 is 13.5 Å². The number of halogens is 2. The summed E-state index contributed by atoms with van der Waals surface area (Å²) in [6.07, 6.45) is -2.41. The fraction of sp³-hybridized carbons (Fsp3) is 0.160. The number of anilines is 1. The number of aromatic nitrogens is 2. The SMILES string of the molecule is C=C1C(c2ccc(OC)cc2)=c2nc(CCC(F)F)ccc2=NN1c1ccc2ncsc2c1. The number of hydrogen-bond acceptors (Lipinski definition) is 6. The topological polar surface area (TPSA) is 50.6 Å². The molecule has 2 aromatic heterocycles. The molecule has 0 atom stereocenters. The quantitative estimate of drug-likeness (QED) is 0.418. The van der Waals surface area contributed by atoms with E-state index in [4.69, 9.17) is 14.8 Å². The maximum Gasteiger partial charge on any atom is 0.239 e. The van der Waals surface area contributed by atoms with Crippen molar-refractivity contribution in [3.8, 4) is 5.75 Å². The van der Waals surface area contributed by atoms with Gasteiger partial charge in [-0.05, 0) is 54.4 Å². The number of benzene rings is 2. The minimum Gasteiger partial charge on any atom is -0.497 e. The van der Waals surface area contributed by atoms with E-state index < -0.39 is 6.43 Å². The summed E-state index contributed by atoms with van der Waals surface area (Å²) in [5.41, 5.74) is 6.53. The number of ether oxygens (including phenoxy) is 1. The first-order valence-corrected chi connectivity index (χ1v) is 11.3. The van der Waals surface area contributed by atoms with Crippen molar-refractivity contribution in [2.24, 2.45) is 5.10 Å². The molecule has 1 aliphatic heterocycles. The molecule has 8 heteroatoms. The van der Waals surface area contributed by atoms with Crippen LogP contribution in [0.25, 0.3) is 15.8 Å². The highest BCUT2D eigenvalue weighted by Gasteiger charge is 2.22. The van der Waals surface area contributed by atoms with Crippen LogP contribution in [0.1, 0.15) is 17.7 Å². The zero-order valence-electron chi connectivity index (χ0n) is 17.8. The van der Waals surface area contributed by atoms with Gasteiger partial charge in [0, 0.05) is 17.7 Å². The molecule has 0 N–H and O–H groups in total. The van der Waals surface area contributed by atoms with E-state index in [-0.39, 0.29) is 12.8 Å². The summed E-state index contributed by atoms with van der Waals surface area (Å²) in [6, 6.07) is 17.1. The second-order valence-electron chi connectivity index (χ2n) is 7.57. The number of allylic oxidation sites excluding steroid dienone is 1. The van der Waals surface area contributed by atoms with E-state index in [0.717, 1.165) is 32.8 Å². The van der Waals surface area contributed by atoms with E-state index in [1.165, 1.54) is 0 Å². The second-order valence-corrected chi connectivity index (χ2v) is 8.45. The average Bonchev–Trinajstić information content (AvgIpc) is 3.30. The number of rotatable bonds is 6. The average molecular weight is 463 g/mol. The lowest BCUT2D eigenvalue weighted by atomic mass is 10.00. The van der Waals surface area contributed by atoms with E-state index in [2.05, 4.69) is 11.6 Å². The molecule has 0 unspecified atom stereocenters. The van der Waals surface area contributed by atoms with Crippen LogP contribution in [0.2, 0.25) is 0 Å². The molecule has 0 saturated carbocycles. The normalized spacial score (nSPS) is 13.4. The Morgan fingerprint density at radius 2 is 1.91 bits per heavy atom. The zero-order valence-corrected chi connectivity index (χ0v) is 18.6. The lowest BCUT2D eigenvalue weighted by Gasteiger charge is -2.26. The maximum absolute atomic E-state index is 12.8. The van der Waals surface area contributed by atoms with Crippen molar-refractivity contribution in [1.29, 1.82) is 0 Å². The van der Waals surface area contributed by atoms with Gasteiger partial charge in [-0.2, -0.15) is 5.10 Å². The molecule has 0 amide bonds. The van der Waals surface area contributed by atoms with Gasteiger partial charge in [-0.3, -0.25) is 4.98 Å². The molecule has 166 valence electrons. The van der Waals surface area contributed by atoms with Crippen molar-refractivity contribution in [2.45, 2.75) is 19.3 Å². The van der Waals surface area contributed by atoms with E-state index in [1.807, 2.05) is 54.0 Å². The Bertz CT molecular complexity index is 1460. The monoisotopic (exact) mass is 462 g/mol. The third-order valence-electron chi connectivity index (χ3n) is 5.48. The van der Waals surface area contributed by atoms with Gasteiger partial charge in [0.05, 0.1) is 34.2 Å². The number of thiazole rings is 1. The lowest BCUT2D eigenvalue weighted by molar-refractivity contribution is 0.137. The van der Waals surface area contributed by atoms with Gasteiger partial charge < -0.3 is 4.74 Å². The predicted octanol–water partition coefficient (Wildman–Crippen LogP) is 4.67. The highest BCUT2D eigenvalue weighted by molar-refractivity contribution is 7.16. The summed E-state index contributed by atoms with van der Waals surface area (Å²) in [7, 11) is 1.62. The molecule has 0 bridgehead atoms. The van der Waals surface area contributed by atoms with Gasteiger partial charge in [0.1, 0.15) is 16.5 Å². The number of nitrogens with zero attached hydrogens (tertiary/aromatic N) is 4. The molecule has 5 rings (SSSR count). The summed E-state index contributed by atoms with van der Waals surface area (Å²) < 4.78 is 31.9. The fourth-order valence-electron chi connectivity index (χ4n) is 3.81. The molecule has 3 heterocycles. The summed E-state index contributed by atoms with van der Waals surface area (Å²) in [4.78, 5) is 9.06. The number of alkyl halides is 2. The van der Waals surface area contributed by atoms with Gasteiger partial charge in [-0.25, -0.2) is 18.8 Å². The first kappa shape index (κ1) is 21.2. The molecule has 4 aromatic rings. The molecule has 0 aliphatic carbocycles. The van der Waals surface area contributed by atoms with Crippen LogP contribution in [-0.2, 0) is 6.42 Å². The van der Waals surface area contributed by atoms with Crippen molar-refractivity contribution in [1.82, 2.24) is 9.97 Å². The van der Waals surface area contributed by atoms with Crippen LogP contribution in [0.3, 0.4) is 0 Å². The molecule has 33 heavy (non-hydrogen) atoms. The highest BCUT2D eigenvalue weighted by Crippen LogP contribution is 2.32. The van der Waals surface area contributed by atoms with E-state index in [0.29, 0.717) is 22.1 Å². The highest BCUT2D eigenvalue weighted by atomic mass is 32.1. The van der Waals surface area contributed by atoms with Gasteiger partial charge >= 0.3 is 0 Å². The predicted molar refractivity (Wildman–Crippen MR) is 126 cm³/mol. The molecule has 2 aromatic carbocycles. The molecular weight excluding hydrogens is 442 g/mol. The molecule has 0 radical (unpaired) electrons. The van der Waals surface area contributed by atoms with Gasteiger partial charge in [0.2, 0.25) is 6.43 Å². The Hall–Kier alpha value is -3.65. The van der Waals surface area contributed by atoms with Crippen LogP contribution in [-0.4, -0.2) is 23.5 Å². The summed E-state index contributed by atoms with van der Waals surface area (Å²) >= 11 is 1.56. The van der Waals surface area contributed by atoms with Gasteiger partial charge in [-0.1, -0.05) is 18.7 Å². The van der Waals surface area contributed by atoms with Crippen molar-refractivity contribution in [2.75, 3.05) is 12.1 Å². The molecule has 5 nitrogen and oxygen atoms in total. The Balaban J connectivity index is 1.68. The van der Waals surface area contributed by atoms with Crippen molar-refractivity contribution in [3.05, 3.63) is 94.3 Å².